The van der Waals surface area contributed by atoms with Gasteiger partial charge in [-0.15, -0.1) is 0 Å². The van der Waals surface area contributed by atoms with Crippen molar-refractivity contribution >= 4 is 41.7 Å². The molecule has 1 saturated heterocycles. The zero-order chi connectivity index (χ0) is 22.6. The number of benzene rings is 1. The number of fused-ring (bicyclic) bond motifs is 1. The number of para-hydroxylation sites is 1. The van der Waals surface area contributed by atoms with Crippen molar-refractivity contribution in [2.45, 2.75) is 6.42 Å². The summed E-state index contributed by atoms with van der Waals surface area (Å²) in [5.41, 5.74) is 8.78. The maximum Gasteiger partial charge on any atom is 0.425 e. The fourth-order valence-electron chi connectivity index (χ4n) is 3.63. The van der Waals surface area contributed by atoms with Crippen LogP contribution in [0.1, 0.15) is 5.56 Å². The van der Waals surface area contributed by atoms with Gasteiger partial charge in [0, 0.05) is 48.8 Å². The van der Waals surface area contributed by atoms with Crippen LogP contribution in [0.3, 0.4) is 0 Å². The Hall–Kier alpha value is -3.64. The van der Waals surface area contributed by atoms with E-state index in [1.54, 1.807) is 24.5 Å². The summed E-state index contributed by atoms with van der Waals surface area (Å²) in [7, 11) is 0. The normalized spacial score (nSPS) is 15.3. The number of amides is 1. The van der Waals surface area contributed by atoms with E-state index in [0.29, 0.717) is 56.7 Å². The molecule has 1 aromatic carbocycles. The summed E-state index contributed by atoms with van der Waals surface area (Å²) >= 11 is 0.952. The van der Waals surface area contributed by atoms with Crippen LogP contribution in [-0.4, -0.2) is 58.9 Å². The molecular formula is C21H22N8O3S. The number of anilines is 4. The third-order valence-electron chi connectivity index (χ3n) is 5.24. The minimum atomic E-state index is -0.561. The fraction of sp³-hybridized carbons (Fsp3) is 0.286. The molecule has 2 aliphatic heterocycles. The van der Waals surface area contributed by atoms with E-state index in [0.717, 1.165) is 29.0 Å². The van der Waals surface area contributed by atoms with Crippen LogP contribution < -0.4 is 20.3 Å². The van der Waals surface area contributed by atoms with Crippen LogP contribution in [-0.2, 0) is 15.3 Å². The number of carbonyl (C=O) groups is 1. The van der Waals surface area contributed by atoms with Gasteiger partial charge in [-0.25, -0.2) is 19.7 Å². The number of nitrogens with zero attached hydrogens (tertiary/aromatic N) is 6. The maximum atomic E-state index is 12.3. The molecule has 2 aromatic heterocycles. The zero-order valence-electron chi connectivity index (χ0n) is 17.7. The maximum absolute atomic E-state index is 12.3. The van der Waals surface area contributed by atoms with Gasteiger partial charge in [0.2, 0.25) is 11.9 Å². The van der Waals surface area contributed by atoms with Crippen molar-refractivity contribution in [3.63, 3.8) is 0 Å². The van der Waals surface area contributed by atoms with Crippen LogP contribution in [0.25, 0.3) is 11.3 Å². The first-order chi connectivity index (χ1) is 16.2. The minimum absolute atomic E-state index is 0.202. The predicted molar refractivity (Wildman–Crippen MR) is 126 cm³/mol. The molecular weight excluding hydrogens is 444 g/mol. The van der Waals surface area contributed by atoms with Crippen LogP contribution in [0, 0.1) is 0 Å². The van der Waals surface area contributed by atoms with E-state index in [4.69, 9.17) is 24.6 Å². The second kappa shape index (κ2) is 9.46. The molecule has 0 spiro atoms. The lowest BCUT2D eigenvalue weighted by molar-refractivity contribution is 0.122. The van der Waals surface area contributed by atoms with Crippen molar-refractivity contribution in [1.82, 2.24) is 19.9 Å². The summed E-state index contributed by atoms with van der Waals surface area (Å²) in [6.45, 7) is 3.23. The lowest BCUT2D eigenvalue weighted by atomic mass is 10.1. The number of nitrogens with one attached hydrogen (secondary N) is 1. The first-order valence-corrected chi connectivity index (χ1v) is 11.2. The monoisotopic (exact) mass is 466 g/mol. The SMILES string of the molecule is Nc1ncc(-c2nc(N3CCOCC3)nc3c2CCN3SOC(=O)Nc2ccccc2)cn1. The molecule has 33 heavy (non-hydrogen) atoms. The van der Waals surface area contributed by atoms with Gasteiger partial charge in [-0.2, -0.15) is 4.98 Å². The summed E-state index contributed by atoms with van der Waals surface area (Å²) < 4.78 is 12.7. The number of carbonyl (C=O) groups excluding carboxylic acids is 1. The molecule has 11 nitrogen and oxygen atoms in total. The third-order valence-corrected chi connectivity index (χ3v) is 6.00. The molecule has 0 unspecified atom stereocenters. The molecule has 5 rings (SSSR count). The molecule has 3 aromatic rings. The smallest absolute Gasteiger partial charge is 0.378 e. The molecule has 2 aliphatic rings. The van der Waals surface area contributed by atoms with Gasteiger partial charge >= 0.3 is 6.09 Å². The Morgan fingerprint density at radius 2 is 1.85 bits per heavy atom. The van der Waals surface area contributed by atoms with Gasteiger partial charge in [0.25, 0.3) is 0 Å². The number of hydrogen-bond donors (Lipinski definition) is 2. The van der Waals surface area contributed by atoms with E-state index in [1.807, 2.05) is 22.5 Å². The first kappa shape index (κ1) is 21.2. The van der Waals surface area contributed by atoms with Gasteiger partial charge in [-0.1, -0.05) is 18.2 Å². The molecule has 12 heteroatoms. The standard InChI is InChI=1S/C21H22N8O3S/c22-19-23-12-14(13-24-19)17-16-6-7-29(33-32-21(30)25-15-4-2-1-3-5-15)18(16)27-20(26-17)28-8-10-31-11-9-28/h1-5,12-13H,6-11H2,(H,25,30)(H2,22,23,24). The van der Waals surface area contributed by atoms with Crippen LogP contribution in [0.4, 0.5) is 28.2 Å². The van der Waals surface area contributed by atoms with Gasteiger partial charge in [-0.3, -0.25) is 9.62 Å². The van der Waals surface area contributed by atoms with Crippen molar-refractivity contribution in [3.05, 3.63) is 48.3 Å². The number of ether oxygens (including phenoxy) is 1. The van der Waals surface area contributed by atoms with Gasteiger partial charge in [0.1, 0.15) is 0 Å². The number of morpholine rings is 1. The van der Waals surface area contributed by atoms with E-state index in [-0.39, 0.29) is 5.95 Å². The second-order valence-electron chi connectivity index (χ2n) is 7.39. The topological polar surface area (TPSA) is 132 Å². The highest BCUT2D eigenvalue weighted by Crippen LogP contribution is 2.38. The Morgan fingerprint density at radius 3 is 2.61 bits per heavy atom. The van der Waals surface area contributed by atoms with Crippen molar-refractivity contribution in [3.8, 4) is 11.3 Å². The molecule has 0 bridgehead atoms. The van der Waals surface area contributed by atoms with Gasteiger partial charge < -0.3 is 19.6 Å². The van der Waals surface area contributed by atoms with Crippen molar-refractivity contribution in [2.24, 2.45) is 0 Å². The highest BCUT2D eigenvalue weighted by Gasteiger charge is 2.30. The molecule has 0 saturated carbocycles. The Kier molecular flexibility index (Phi) is 6.09. The second-order valence-corrected chi connectivity index (χ2v) is 8.15. The van der Waals surface area contributed by atoms with Crippen LogP contribution >= 0.6 is 12.2 Å². The van der Waals surface area contributed by atoms with Gasteiger partial charge in [0.15, 0.2) is 18.0 Å². The number of nitrogen functional groups attached to an aromatic ring is 1. The molecule has 1 fully saturated rings. The molecule has 170 valence electrons. The van der Waals surface area contributed by atoms with E-state index >= 15 is 0 Å². The first-order valence-electron chi connectivity index (χ1n) is 10.5. The number of aromatic nitrogens is 4. The van der Waals surface area contributed by atoms with Crippen molar-refractivity contribution in [2.75, 3.05) is 53.1 Å². The van der Waals surface area contributed by atoms with E-state index in [1.165, 1.54) is 0 Å². The number of nitrogens with two attached hydrogens (primary N) is 1. The lowest BCUT2D eigenvalue weighted by Gasteiger charge is -2.28. The highest BCUT2D eigenvalue weighted by molar-refractivity contribution is 7.96. The lowest BCUT2D eigenvalue weighted by Crippen LogP contribution is -2.37. The van der Waals surface area contributed by atoms with Crippen LogP contribution in [0.5, 0.6) is 0 Å². The van der Waals surface area contributed by atoms with Crippen molar-refractivity contribution < 1.29 is 13.7 Å². The quantitative estimate of drug-likeness (QED) is 0.425. The minimum Gasteiger partial charge on any atom is -0.378 e. The molecule has 0 radical (unpaired) electrons. The predicted octanol–water partition coefficient (Wildman–Crippen LogP) is 2.53. The molecule has 0 atom stereocenters. The Bertz CT molecular complexity index is 1130. The Labute approximate surface area is 194 Å². The summed E-state index contributed by atoms with van der Waals surface area (Å²) in [6, 6.07) is 9.14. The number of rotatable bonds is 5. The summed E-state index contributed by atoms with van der Waals surface area (Å²) in [5, 5.41) is 2.70. The number of hydrogen-bond acceptors (Lipinski definition) is 11. The average Bonchev–Trinajstić information content (AvgIpc) is 3.27. The van der Waals surface area contributed by atoms with E-state index in [2.05, 4.69) is 20.2 Å². The third kappa shape index (κ3) is 4.76. The molecule has 3 N–H and O–H groups in total. The largest absolute Gasteiger partial charge is 0.425 e. The van der Waals surface area contributed by atoms with Crippen molar-refractivity contribution in [1.29, 1.82) is 0 Å². The van der Waals surface area contributed by atoms with E-state index in [9.17, 15) is 4.79 Å². The van der Waals surface area contributed by atoms with Crippen LogP contribution in [0.2, 0.25) is 0 Å². The Balaban J connectivity index is 1.40. The van der Waals surface area contributed by atoms with Gasteiger partial charge in [0.05, 0.1) is 18.9 Å². The Morgan fingerprint density at radius 1 is 1.09 bits per heavy atom. The highest BCUT2D eigenvalue weighted by atomic mass is 32.2. The molecule has 4 heterocycles. The fourth-order valence-corrected chi connectivity index (χ4v) is 4.22. The van der Waals surface area contributed by atoms with E-state index < -0.39 is 6.09 Å². The summed E-state index contributed by atoms with van der Waals surface area (Å²) in [6.07, 6.45) is 3.45. The molecule has 0 aliphatic carbocycles. The van der Waals surface area contributed by atoms with Crippen LogP contribution in [0.15, 0.2) is 42.7 Å². The summed E-state index contributed by atoms with van der Waals surface area (Å²) in [4.78, 5) is 32.2. The zero-order valence-corrected chi connectivity index (χ0v) is 18.5. The summed E-state index contributed by atoms with van der Waals surface area (Å²) in [5.74, 6) is 1.49. The van der Waals surface area contributed by atoms with Gasteiger partial charge in [-0.05, 0) is 18.6 Å². The average molecular weight is 467 g/mol. The molecule has 1 amide bonds.